The summed E-state index contributed by atoms with van der Waals surface area (Å²) < 4.78 is 14.7. The Morgan fingerprint density at radius 2 is 1.89 bits per heavy atom. The number of thioether (sulfide) groups is 1. The Morgan fingerprint density at radius 1 is 1.17 bits per heavy atom. The topological polar surface area (TPSA) is 76.3 Å². The number of benzene rings is 2. The molecule has 0 saturated heterocycles. The average molecular weight is 541 g/mol. The molecule has 0 unspecified atom stereocenters. The molecule has 0 bridgehead atoms. The van der Waals surface area contributed by atoms with Gasteiger partial charge in [0.25, 0.3) is 11.5 Å². The molecule has 0 radical (unpaired) electrons. The molecule has 2 aromatic heterocycles. The normalized spacial score (nSPS) is 13.6. The highest BCUT2D eigenvalue weighted by Crippen LogP contribution is 2.35. The monoisotopic (exact) mass is 540 g/mol. The second-order valence-electron chi connectivity index (χ2n) is 8.43. The maximum atomic E-state index is 13.7. The number of hydrogen-bond donors (Lipinski definition) is 1. The summed E-state index contributed by atoms with van der Waals surface area (Å²) in [7, 11) is 0. The summed E-state index contributed by atoms with van der Waals surface area (Å²) >= 11 is 8.82. The highest BCUT2D eigenvalue weighted by molar-refractivity contribution is 7.99. The minimum Gasteiger partial charge on any atom is -0.272 e. The van der Waals surface area contributed by atoms with Crippen LogP contribution in [0.4, 0.5) is 4.39 Å². The van der Waals surface area contributed by atoms with Crippen molar-refractivity contribution in [2.45, 2.75) is 37.8 Å². The number of hydrogen-bond acceptors (Lipinski definition) is 6. The van der Waals surface area contributed by atoms with Crippen LogP contribution in [0.25, 0.3) is 15.9 Å². The Hall–Kier alpha value is -3.01. The van der Waals surface area contributed by atoms with Crippen LogP contribution in [0.5, 0.6) is 0 Å². The van der Waals surface area contributed by atoms with Gasteiger partial charge in [0.05, 0.1) is 22.5 Å². The van der Waals surface area contributed by atoms with E-state index in [4.69, 9.17) is 16.6 Å². The van der Waals surface area contributed by atoms with Crippen LogP contribution >= 0.6 is 34.7 Å². The van der Waals surface area contributed by atoms with E-state index in [2.05, 4.69) is 10.5 Å². The van der Waals surface area contributed by atoms with Crippen molar-refractivity contribution in [3.05, 3.63) is 85.7 Å². The Balaban J connectivity index is 1.43. The Bertz CT molecular complexity index is 1530. The third-order valence-corrected chi connectivity index (χ3v) is 8.36. The molecule has 4 aromatic rings. The first-order valence-corrected chi connectivity index (χ1v) is 13.6. The van der Waals surface area contributed by atoms with Crippen LogP contribution in [-0.4, -0.2) is 26.9 Å². The lowest BCUT2D eigenvalue weighted by atomic mass is 9.97. The van der Waals surface area contributed by atoms with Gasteiger partial charge < -0.3 is 0 Å². The van der Waals surface area contributed by atoms with Gasteiger partial charge in [-0.2, -0.15) is 5.10 Å². The average Bonchev–Trinajstić information content (AvgIpc) is 3.26. The first-order valence-electron chi connectivity index (χ1n) is 11.5. The van der Waals surface area contributed by atoms with Gasteiger partial charge in [-0.1, -0.05) is 35.5 Å². The van der Waals surface area contributed by atoms with Crippen molar-refractivity contribution in [3.8, 4) is 5.69 Å². The number of thiophene rings is 1. The smallest absolute Gasteiger partial charge is 0.267 e. The molecule has 2 aromatic carbocycles. The number of hydrazone groups is 1. The molecule has 5 rings (SSSR count). The van der Waals surface area contributed by atoms with Crippen LogP contribution < -0.4 is 11.0 Å². The molecular weight excluding hydrogens is 519 g/mol. The predicted octanol–water partition coefficient (Wildman–Crippen LogP) is 5.75. The van der Waals surface area contributed by atoms with Crippen molar-refractivity contribution >= 4 is 56.5 Å². The number of rotatable bonds is 6. The summed E-state index contributed by atoms with van der Waals surface area (Å²) in [5.41, 5.74) is 5.41. The van der Waals surface area contributed by atoms with E-state index < -0.39 is 0 Å². The zero-order valence-corrected chi connectivity index (χ0v) is 21.8. The summed E-state index contributed by atoms with van der Waals surface area (Å²) in [6.45, 7) is 1.73. The number of amides is 1. The number of carbonyl (C=O) groups excluding carboxylic acids is 1. The molecule has 6 nitrogen and oxygen atoms in total. The van der Waals surface area contributed by atoms with Crippen molar-refractivity contribution in [3.63, 3.8) is 0 Å². The number of carbonyl (C=O) groups is 1. The summed E-state index contributed by atoms with van der Waals surface area (Å²) in [5, 5.41) is 5.80. The standard InChI is InChI=1S/C26H22ClFN4O2S2/c1-15(16-6-10-18(28)11-7-16)30-31-22(33)14-35-26-29-24-23(20-4-2-3-5-21(20)36-24)25(34)32(26)19-12-8-17(27)9-13-19/h6-13H,2-5,14H2,1H3,(H,31,33). The van der Waals surface area contributed by atoms with E-state index in [0.717, 1.165) is 31.2 Å². The van der Waals surface area contributed by atoms with E-state index in [1.54, 1.807) is 59.2 Å². The fourth-order valence-corrected chi connectivity index (χ4v) is 6.40. The number of aryl methyl sites for hydroxylation is 2. The van der Waals surface area contributed by atoms with Crippen LogP contribution in [0.15, 0.2) is 63.6 Å². The first-order chi connectivity index (χ1) is 17.4. The number of aromatic nitrogens is 2. The lowest BCUT2D eigenvalue weighted by Gasteiger charge is -2.13. The van der Waals surface area contributed by atoms with Crippen molar-refractivity contribution in [2.75, 3.05) is 5.75 Å². The lowest BCUT2D eigenvalue weighted by Crippen LogP contribution is -2.24. The predicted molar refractivity (Wildman–Crippen MR) is 144 cm³/mol. The molecule has 1 amide bonds. The quantitative estimate of drug-likeness (QED) is 0.146. The van der Waals surface area contributed by atoms with Crippen LogP contribution in [0, 0.1) is 5.82 Å². The van der Waals surface area contributed by atoms with Crippen LogP contribution in [-0.2, 0) is 17.6 Å². The Morgan fingerprint density at radius 3 is 2.64 bits per heavy atom. The summed E-state index contributed by atoms with van der Waals surface area (Å²) in [6.07, 6.45) is 4.03. The molecule has 2 heterocycles. The van der Waals surface area contributed by atoms with Crippen LogP contribution in [0.1, 0.15) is 35.8 Å². The van der Waals surface area contributed by atoms with Gasteiger partial charge in [-0.25, -0.2) is 14.8 Å². The molecule has 10 heteroatoms. The second kappa shape index (κ2) is 10.5. The summed E-state index contributed by atoms with van der Waals surface area (Å²) in [5.74, 6) is -0.671. The Kier molecular flexibility index (Phi) is 7.22. The molecule has 0 aliphatic heterocycles. The van der Waals surface area contributed by atoms with Crippen molar-refractivity contribution < 1.29 is 9.18 Å². The van der Waals surface area contributed by atoms with Crippen molar-refractivity contribution in [2.24, 2.45) is 5.10 Å². The van der Waals surface area contributed by atoms with Gasteiger partial charge in [0.2, 0.25) is 0 Å². The number of nitrogens with one attached hydrogen (secondary N) is 1. The molecule has 184 valence electrons. The number of nitrogens with zero attached hydrogens (tertiary/aromatic N) is 3. The van der Waals surface area contributed by atoms with Gasteiger partial charge in [0.15, 0.2) is 5.16 Å². The maximum Gasteiger partial charge on any atom is 0.267 e. The van der Waals surface area contributed by atoms with E-state index in [0.29, 0.717) is 37.4 Å². The van der Waals surface area contributed by atoms with Gasteiger partial charge in [-0.15, -0.1) is 11.3 Å². The van der Waals surface area contributed by atoms with Crippen molar-refractivity contribution in [1.82, 2.24) is 15.0 Å². The van der Waals surface area contributed by atoms with E-state index in [1.165, 1.54) is 28.8 Å². The van der Waals surface area contributed by atoms with Crippen molar-refractivity contribution in [1.29, 1.82) is 0 Å². The second-order valence-corrected chi connectivity index (χ2v) is 10.9. The molecule has 0 spiro atoms. The molecule has 0 atom stereocenters. The highest BCUT2D eigenvalue weighted by Gasteiger charge is 2.23. The van der Waals surface area contributed by atoms with Gasteiger partial charge in [0, 0.05) is 9.90 Å². The summed E-state index contributed by atoms with van der Waals surface area (Å²) in [6, 6.07) is 12.9. The van der Waals surface area contributed by atoms with E-state index in [1.807, 2.05) is 0 Å². The van der Waals surface area contributed by atoms with E-state index in [-0.39, 0.29) is 23.0 Å². The maximum absolute atomic E-state index is 13.7. The van der Waals surface area contributed by atoms with Gasteiger partial charge in [0.1, 0.15) is 10.6 Å². The number of fused-ring (bicyclic) bond motifs is 3. The minimum absolute atomic E-state index is 0.0107. The third-order valence-electron chi connectivity index (χ3n) is 5.99. The third kappa shape index (κ3) is 5.09. The first kappa shape index (κ1) is 24.7. The molecule has 36 heavy (non-hydrogen) atoms. The van der Waals surface area contributed by atoms with Crippen LogP contribution in [0.3, 0.4) is 0 Å². The zero-order chi connectivity index (χ0) is 25.2. The largest absolute Gasteiger partial charge is 0.272 e. The highest BCUT2D eigenvalue weighted by atomic mass is 35.5. The molecule has 0 saturated carbocycles. The van der Waals surface area contributed by atoms with Gasteiger partial charge >= 0.3 is 0 Å². The SMILES string of the molecule is CC(=NNC(=O)CSc1nc2sc3c(c2c(=O)n1-c1ccc(Cl)cc1)CCCC3)c1ccc(F)cc1. The zero-order valence-electron chi connectivity index (χ0n) is 19.4. The van der Waals surface area contributed by atoms with Gasteiger partial charge in [-0.05, 0) is 80.1 Å². The van der Waals surface area contributed by atoms with Crippen LogP contribution in [0.2, 0.25) is 5.02 Å². The molecule has 0 fully saturated rings. The Labute approximate surface area is 220 Å². The molecule has 1 aliphatic carbocycles. The van der Waals surface area contributed by atoms with E-state index >= 15 is 0 Å². The fraction of sp³-hybridized carbons (Fsp3) is 0.231. The number of halogens is 2. The molecule has 1 N–H and O–H groups in total. The summed E-state index contributed by atoms with van der Waals surface area (Å²) in [4.78, 5) is 33.1. The molecular formula is C26H22ClFN4O2S2. The van der Waals surface area contributed by atoms with Gasteiger partial charge in [-0.3, -0.25) is 14.2 Å². The minimum atomic E-state index is -0.344. The molecule has 1 aliphatic rings. The lowest BCUT2D eigenvalue weighted by molar-refractivity contribution is -0.118. The fourth-order valence-electron chi connectivity index (χ4n) is 4.17. The van der Waals surface area contributed by atoms with E-state index in [9.17, 15) is 14.0 Å².